The van der Waals surface area contributed by atoms with Crippen LogP contribution < -0.4 is 11.1 Å². The third kappa shape index (κ3) is 4.50. The molecule has 2 aliphatic rings. The van der Waals surface area contributed by atoms with Gasteiger partial charge in [-0.25, -0.2) is 14.8 Å². The van der Waals surface area contributed by atoms with E-state index in [9.17, 15) is 4.79 Å². The summed E-state index contributed by atoms with van der Waals surface area (Å²) in [7, 11) is -0.719. The van der Waals surface area contributed by atoms with Crippen LogP contribution in [0.15, 0.2) is 60.3 Å². The fourth-order valence-corrected chi connectivity index (χ4v) is 5.21. The molecule has 0 unspecified atom stereocenters. The van der Waals surface area contributed by atoms with Crippen molar-refractivity contribution < 1.29 is 18.8 Å². The predicted octanol–water partition coefficient (Wildman–Crippen LogP) is 4.49. The molecule has 0 atom stereocenters. The zero-order valence-corrected chi connectivity index (χ0v) is 22.9. The maximum Gasteiger partial charge on any atom is 0.492 e. The molecule has 2 aromatic carbocycles. The molecule has 204 valence electrons. The highest BCUT2D eigenvalue weighted by Crippen LogP contribution is 2.44. The van der Waals surface area contributed by atoms with Crippen molar-refractivity contribution in [1.29, 1.82) is 0 Å². The number of carbonyl (C=O) groups is 1. The number of ether oxygens (including phenoxy) is 1. The first-order valence-electron chi connectivity index (χ1n) is 13.2. The molecular weight excluding hydrogens is 507 g/mol. The second-order valence-corrected chi connectivity index (χ2v) is 11.1. The number of benzene rings is 2. The minimum Gasteiger partial charge on any atom is -0.449 e. The van der Waals surface area contributed by atoms with Crippen molar-refractivity contribution in [2.75, 3.05) is 18.9 Å². The van der Waals surface area contributed by atoms with Crippen LogP contribution >= 0.6 is 0 Å². The van der Waals surface area contributed by atoms with Crippen LogP contribution in [0.25, 0.3) is 28.2 Å². The summed E-state index contributed by atoms with van der Waals surface area (Å²) in [6, 6.07) is 16.5. The SMILES string of the molecule is CC1(C)OB(C(=Cc2[nH]nc3ncnc(N)c23)CNC(=O)OCC2c3ccccc3-c3ccccc32)OC1(C)C. The van der Waals surface area contributed by atoms with Gasteiger partial charge in [-0.15, -0.1) is 0 Å². The van der Waals surface area contributed by atoms with E-state index in [-0.39, 0.29) is 19.1 Å². The van der Waals surface area contributed by atoms with E-state index in [2.05, 4.69) is 49.7 Å². The lowest BCUT2D eigenvalue weighted by molar-refractivity contribution is 0.00578. The number of anilines is 1. The number of H-pyrrole nitrogens is 1. The van der Waals surface area contributed by atoms with Gasteiger partial charge in [0.25, 0.3) is 0 Å². The fraction of sp³-hybridized carbons (Fsp3) is 0.310. The summed E-state index contributed by atoms with van der Waals surface area (Å²) in [5.41, 5.74) is 11.3. The quantitative estimate of drug-likeness (QED) is 0.306. The average Bonchev–Trinajstić information content (AvgIpc) is 3.55. The number of nitrogens with one attached hydrogen (secondary N) is 2. The topological polar surface area (TPSA) is 137 Å². The van der Waals surface area contributed by atoms with Crippen LogP contribution in [0.3, 0.4) is 0 Å². The maximum absolute atomic E-state index is 13.0. The van der Waals surface area contributed by atoms with E-state index in [1.807, 2.05) is 52.0 Å². The molecule has 6 rings (SSSR count). The van der Waals surface area contributed by atoms with Crippen molar-refractivity contribution in [1.82, 2.24) is 25.5 Å². The van der Waals surface area contributed by atoms with Gasteiger partial charge in [-0.3, -0.25) is 5.10 Å². The number of nitrogens with two attached hydrogens (primary N) is 1. The zero-order chi connectivity index (χ0) is 28.1. The van der Waals surface area contributed by atoms with Crippen LogP contribution in [0, 0.1) is 0 Å². The molecule has 1 saturated heterocycles. The summed E-state index contributed by atoms with van der Waals surface area (Å²) in [5.74, 6) is 0.262. The summed E-state index contributed by atoms with van der Waals surface area (Å²) < 4.78 is 18.3. The highest BCUT2D eigenvalue weighted by atomic mass is 16.7. The van der Waals surface area contributed by atoms with Crippen molar-refractivity contribution in [2.24, 2.45) is 0 Å². The third-order valence-corrected chi connectivity index (χ3v) is 8.07. The van der Waals surface area contributed by atoms with Crippen molar-refractivity contribution >= 4 is 36.1 Å². The molecule has 4 N–H and O–H groups in total. The standard InChI is InChI=1S/C29H31BN6O4/c1-28(2)29(3,4)40-30(39-28)17(13-23-24-25(31)33-16-34-26(24)36-35-23)14-32-27(37)38-15-22-20-11-7-5-9-18(20)19-10-6-8-12-21(19)22/h5-13,16,22H,14-15H2,1-4H3,(H,32,37)(H3,31,33,34,35,36). The molecular formula is C29H31BN6O4. The number of nitrogen functional groups attached to an aromatic ring is 1. The van der Waals surface area contributed by atoms with Gasteiger partial charge in [0.2, 0.25) is 0 Å². The van der Waals surface area contributed by atoms with Gasteiger partial charge in [0.05, 0.1) is 22.3 Å². The number of fused-ring (bicyclic) bond motifs is 4. The Labute approximate surface area is 232 Å². The Kier molecular flexibility index (Phi) is 6.35. The largest absolute Gasteiger partial charge is 0.492 e. The molecule has 0 radical (unpaired) electrons. The summed E-state index contributed by atoms with van der Waals surface area (Å²) in [4.78, 5) is 21.2. The molecule has 11 heteroatoms. The first-order valence-corrected chi connectivity index (χ1v) is 13.2. The van der Waals surface area contributed by atoms with Crippen LogP contribution in [0.1, 0.15) is 50.4 Å². The van der Waals surface area contributed by atoms with Crippen molar-refractivity contribution in [3.63, 3.8) is 0 Å². The summed E-state index contributed by atoms with van der Waals surface area (Å²) >= 11 is 0. The minimum atomic E-state index is -0.719. The number of nitrogens with zero attached hydrogens (tertiary/aromatic N) is 3. The fourth-order valence-electron chi connectivity index (χ4n) is 5.21. The summed E-state index contributed by atoms with van der Waals surface area (Å²) in [6.07, 6.45) is 2.63. The van der Waals surface area contributed by atoms with Gasteiger partial charge >= 0.3 is 13.2 Å². The highest BCUT2D eigenvalue weighted by Gasteiger charge is 2.52. The number of rotatable bonds is 6. The zero-order valence-electron chi connectivity index (χ0n) is 22.9. The Morgan fingerprint density at radius 2 is 1.68 bits per heavy atom. The van der Waals surface area contributed by atoms with Crippen molar-refractivity contribution in [2.45, 2.75) is 44.8 Å². The van der Waals surface area contributed by atoms with E-state index >= 15 is 0 Å². The van der Waals surface area contributed by atoms with Crippen molar-refractivity contribution in [3.05, 3.63) is 77.2 Å². The lowest BCUT2D eigenvalue weighted by Gasteiger charge is -2.32. The van der Waals surface area contributed by atoms with E-state index in [0.717, 1.165) is 11.1 Å². The first-order chi connectivity index (χ1) is 19.1. The molecule has 10 nitrogen and oxygen atoms in total. The molecule has 0 bridgehead atoms. The number of aromatic amines is 1. The Bertz CT molecular complexity index is 1570. The number of hydrogen-bond donors (Lipinski definition) is 3. The molecule has 0 saturated carbocycles. The molecule has 40 heavy (non-hydrogen) atoms. The third-order valence-electron chi connectivity index (χ3n) is 8.07. The van der Waals surface area contributed by atoms with E-state index in [4.69, 9.17) is 19.8 Å². The Morgan fingerprint density at radius 1 is 1.05 bits per heavy atom. The molecule has 1 aliphatic carbocycles. The lowest BCUT2D eigenvalue weighted by atomic mass is 9.77. The normalized spacial score (nSPS) is 17.6. The second-order valence-electron chi connectivity index (χ2n) is 11.1. The average molecular weight is 538 g/mol. The molecule has 1 amide bonds. The van der Waals surface area contributed by atoms with Crippen LogP contribution in [0.5, 0.6) is 0 Å². The van der Waals surface area contributed by atoms with Gasteiger partial charge in [0, 0.05) is 12.5 Å². The number of aromatic nitrogens is 4. The molecule has 1 aliphatic heterocycles. The molecule has 1 fully saturated rings. The summed E-state index contributed by atoms with van der Waals surface area (Å²) in [5, 5.41) is 10.6. The van der Waals surface area contributed by atoms with Gasteiger partial charge in [-0.2, -0.15) is 5.10 Å². The number of alkyl carbamates (subject to hydrolysis) is 1. The van der Waals surface area contributed by atoms with Gasteiger partial charge in [-0.1, -0.05) is 48.5 Å². The van der Waals surface area contributed by atoms with Crippen LogP contribution in [0.2, 0.25) is 0 Å². The molecule has 3 heterocycles. The highest BCUT2D eigenvalue weighted by molar-refractivity contribution is 6.56. The van der Waals surface area contributed by atoms with Gasteiger partial charge in [0.1, 0.15) is 18.8 Å². The van der Waals surface area contributed by atoms with E-state index in [0.29, 0.717) is 28.0 Å². The lowest BCUT2D eigenvalue weighted by Crippen LogP contribution is -2.41. The van der Waals surface area contributed by atoms with Gasteiger partial charge in [0.15, 0.2) is 5.65 Å². The smallest absolute Gasteiger partial charge is 0.449 e. The van der Waals surface area contributed by atoms with E-state index < -0.39 is 24.4 Å². The Balaban J connectivity index is 1.21. The predicted molar refractivity (Wildman–Crippen MR) is 153 cm³/mol. The molecule has 0 spiro atoms. The number of amides is 1. The first kappa shape index (κ1) is 26.0. The van der Waals surface area contributed by atoms with Crippen LogP contribution in [-0.4, -0.2) is 57.7 Å². The maximum atomic E-state index is 13.0. The van der Waals surface area contributed by atoms with Crippen molar-refractivity contribution in [3.8, 4) is 11.1 Å². The number of carbonyl (C=O) groups excluding carboxylic acids is 1. The minimum absolute atomic E-state index is 0.0319. The van der Waals surface area contributed by atoms with E-state index in [1.165, 1.54) is 17.5 Å². The summed E-state index contributed by atoms with van der Waals surface area (Å²) in [6.45, 7) is 8.22. The van der Waals surface area contributed by atoms with Gasteiger partial charge in [-0.05, 0) is 61.5 Å². The second kappa shape index (κ2) is 9.76. The van der Waals surface area contributed by atoms with Gasteiger partial charge < -0.3 is 25.1 Å². The Hall–Kier alpha value is -4.22. The van der Waals surface area contributed by atoms with E-state index in [1.54, 1.807) is 6.08 Å². The molecule has 4 aromatic rings. The molecule has 2 aromatic heterocycles. The monoisotopic (exact) mass is 538 g/mol. The van der Waals surface area contributed by atoms with Crippen LogP contribution in [-0.2, 0) is 14.0 Å². The number of hydrogen-bond acceptors (Lipinski definition) is 8. The Morgan fingerprint density at radius 3 is 2.33 bits per heavy atom. The van der Waals surface area contributed by atoms with Crippen LogP contribution in [0.4, 0.5) is 10.6 Å².